The molecule has 0 saturated heterocycles. The Kier molecular flexibility index (Phi) is 3.25. The molecule has 0 spiro atoms. The maximum Gasteiger partial charge on any atom is 0.136 e. The zero-order valence-corrected chi connectivity index (χ0v) is 11.4. The third-order valence-electron chi connectivity index (χ3n) is 4.39. The molecule has 0 aromatic carbocycles. The lowest BCUT2D eigenvalue weighted by Gasteiger charge is -2.41. The van der Waals surface area contributed by atoms with Gasteiger partial charge in [0.05, 0.1) is 17.7 Å². The van der Waals surface area contributed by atoms with E-state index in [1.807, 2.05) is 13.0 Å². The summed E-state index contributed by atoms with van der Waals surface area (Å²) in [6.45, 7) is 6.34. The van der Waals surface area contributed by atoms with Crippen LogP contribution in [0.3, 0.4) is 0 Å². The van der Waals surface area contributed by atoms with Crippen molar-refractivity contribution in [2.24, 2.45) is 10.8 Å². The maximum absolute atomic E-state index is 10.5. The van der Waals surface area contributed by atoms with Gasteiger partial charge in [-0.2, -0.15) is 5.26 Å². The van der Waals surface area contributed by atoms with Crippen LogP contribution < -0.4 is 0 Å². The van der Waals surface area contributed by atoms with Gasteiger partial charge in [-0.15, -0.1) is 0 Å². The minimum absolute atomic E-state index is 0.276. The molecule has 1 aliphatic rings. The smallest absolute Gasteiger partial charge is 0.136 e. The quantitative estimate of drug-likeness (QED) is 0.866. The molecule has 1 heterocycles. The van der Waals surface area contributed by atoms with E-state index >= 15 is 0 Å². The van der Waals surface area contributed by atoms with Gasteiger partial charge < -0.3 is 9.52 Å². The van der Waals surface area contributed by atoms with Crippen molar-refractivity contribution in [2.45, 2.75) is 52.6 Å². The van der Waals surface area contributed by atoms with Crippen molar-refractivity contribution in [2.75, 3.05) is 0 Å². The van der Waals surface area contributed by atoms with Gasteiger partial charge in [0.25, 0.3) is 0 Å². The zero-order chi connectivity index (χ0) is 13.4. The highest BCUT2D eigenvalue weighted by molar-refractivity contribution is 5.22. The van der Waals surface area contributed by atoms with Gasteiger partial charge >= 0.3 is 0 Å². The second kappa shape index (κ2) is 4.44. The van der Waals surface area contributed by atoms with E-state index < -0.39 is 11.5 Å². The molecular formula is C15H21NO2. The summed E-state index contributed by atoms with van der Waals surface area (Å²) in [5.74, 6) is 0.552. The summed E-state index contributed by atoms with van der Waals surface area (Å²) < 4.78 is 5.36. The third kappa shape index (κ3) is 2.18. The van der Waals surface area contributed by atoms with Crippen molar-refractivity contribution in [1.82, 2.24) is 0 Å². The van der Waals surface area contributed by atoms with E-state index in [2.05, 4.69) is 19.9 Å². The van der Waals surface area contributed by atoms with Crippen LogP contribution in [0.1, 0.15) is 57.0 Å². The van der Waals surface area contributed by atoms with E-state index in [9.17, 15) is 10.4 Å². The second-order valence-electron chi connectivity index (χ2n) is 6.30. The number of aliphatic hydroxyl groups excluding tert-OH is 1. The highest BCUT2D eigenvalue weighted by Gasteiger charge is 2.45. The largest absolute Gasteiger partial charge is 0.466 e. The summed E-state index contributed by atoms with van der Waals surface area (Å²) in [4.78, 5) is 0. The van der Waals surface area contributed by atoms with Crippen molar-refractivity contribution >= 4 is 0 Å². The molecule has 3 nitrogen and oxygen atoms in total. The standard InChI is InChI=1S/C15H21NO2/c1-11-4-9-18-12(11)13(17)15(10-16)7-5-14(2,3)6-8-15/h4,9,13,17H,5-8H2,1-3H3. The van der Waals surface area contributed by atoms with Gasteiger partial charge in [-0.3, -0.25) is 0 Å². The summed E-state index contributed by atoms with van der Waals surface area (Å²) >= 11 is 0. The topological polar surface area (TPSA) is 57.2 Å². The van der Waals surface area contributed by atoms with E-state index in [-0.39, 0.29) is 5.41 Å². The molecule has 1 N–H and O–H groups in total. The van der Waals surface area contributed by atoms with Gasteiger partial charge in [-0.05, 0) is 49.7 Å². The van der Waals surface area contributed by atoms with Crippen molar-refractivity contribution in [3.8, 4) is 6.07 Å². The zero-order valence-electron chi connectivity index (χ0n) is 11.4. The molecular weight excluding hydrogens is 226 g/mol. The molecule has 3 heteroatoms. The fraction of sp³-hybridized carbons (Fsp3) is 0.667. The molecule has 1 aromatic rings. The van der Waals surface area contributed by atoms with Crippen molar-refractivity contribution in [1.29, 1.82) is 5.26 Å². The predicted molar refractivity (Wildman–Crippen MR) is 68.7 cm³/mol. The van der Waals surface area contributed by atoms with E-state index in [0.29, 0.717) is 5.76 Å². The first-order valence-electron chi connectivity index (χ1n) is 6.54. The van der Waals surface area contributed by atoms with Gasteiger partial charge in [0, 0.05) is 0 Å². The fourth-order valence-electron chi connectivity index (χ4n) is 2.73. The van der Waals surface area contributed by atoms with Crippen LogP contribution in [-0.2, 0) is 0 Å². The van der Waals surface area contributed by atoms with Crippen LogP contribution in [0.5, 0.6) is 0 Å². The average molecular weight is 247 g/mol. The lowest BCUT2D eigenvalue weighted by molar-refractivity contribution is -0.00368. The van der Waals surface area contributed by atoms with Crippen molar-refractivity contribution in [3.05, 3.63) is 23.7 Å². The second-order valence-corrected chi connectivity index (χ2v) is 6.30. The number of aryl methyl sites for hydroxylation is 1. The molecule has 1 aromatic heterocycles. The van der Waals surface area contributed by atoms with Crippen LogP contribution in [0.4, 0.5) is 0 Å². The van der Waals surface area contributed by atoms with E-state index in [4.69, 9.17) is 4.42 Å². The van der Waals surface area contributed by atoms with Crippen molar-refractivity contribution in [3.63, 3.8) is 0 Å². The van der Waals surface area contributed by atoms with Crippen molar-refractivity contribution < 1.29 is 9.52 Å². The first-order valence-corrected chi connectivity index (χ1v) is 6.54. The SMILES string of the molecule is Cc1ccoc1C(O)C1(C#N)CCC(C)(C)CC1. The molecule has 1 aliphatic carbocycles. The number of furan rings is 1. The first-order chi connectivity index (χ1) is 8.40. The molecule has 2 rings (SSSR count). The molecule has 98 valence electrons. The van der Waals surface area contributed by atoms with E-state index in [0.717, 1.165) is 31.2 Å². The van der Waals surface area contributed by atoms with Crippen LogP contribution >= 0.6 is 0 Å². The number of hydrogen-bond donors (Lipinski definition) is 1. The number of rotatable bonds is 2. The summed E-state index contributed by atoms with van der Waals surface area (Å²) in [5, 5.41) is 20.0. The molecule has 1 unspecified atom stereocenters. The molecule has 0 aliphatic heterocycles. The summed E-state index contributed by atoms with van der Waals surface area (Å²) in [6.07, 6.45) is 4.17. The Morgan fingerprint density at radius 1 is 1.33 bits per heavy atom. The Morgan fingerprint density at radius 3 is 2.39 bits per heavy atom. The van der Waals surface area contributed by atoms with Crippen LogP contribution in [0, 0.1) is 29.1 Å². The van der Waals surface area contributed by atoms with Gasteiger partial charge in [0.15, 0.2) is 0 Å². The molecule has 0 amide bonds. The Labute approximate surface area is 108 Å². The Balaban J connectivity index is 2.25. The highest BCUT2D eigenvalue weighted by Crippen LogP contribution is 2.51. The minimum atomic E-state index is -0.811. The molecule has 1 fully saturated rings. The number of aliphatic hydroxyl groups is 1. The number of hydrogen-bond acceptors (Lipinski definition) is 3. The summed E-state index contributed by atoms with van der Waals surface area (Å²) in [6, 6.07) is 4.19. The Morgan fingerprint density at radius 2 is 1.94 bits per heavy atom. The molecule has 1 atom stereocenters. The predicted octanol–water partition coefficient (Wildman–Crippen LogP) is 3.73. The minimum Gasteiger partial charge on any atom is -0.466 e. The molecule has 0 bridgehead atoms. The summed E-state index contributed by atoms with van der Waals surface area (Å²) in [7, 11) is 0. The molecule has 1 saturated carbocycles. The monoisotopic (exact) mass is 247 g/mol. The molecule has 18 heavy (non-hydrogen) atoms. The van der Waals surface area contributed by atoms with Gasteiger partial charge in [-0.1, -0.05) is 13.8 Å². The van der Waals surface area contributed by atoms with Gasteiger partial charge in [0.2, 0.25) is 0 Å². The highest BCUT2D eigenvalue weighted by atomic mass is 16.4. The first kappa shape index (κ1) is 13.2. The van der Waals surface area contributed by atoms with Crippen LogP contribution in [0.15, 0.2) is 16.7 Å². The Bertz CT molecular complexity index is 457. The number of nitrogens with zero attached hydrogens (tertiary/aromatic N) is 1. The average Bonchev–Trinajstić information content (AvgIpc) is 2.75. The summed E-state index contributed by atoms with van der Waals surface area (Å²) in [5.41, 5.74) is 0.512. The fourth-order valence-corrected chi connectivity index (χ4v) is 2.73. The van der Waals surface area contributed by atoms with E-state index in [1.54, 1.807) is 6.26 Å². The lowest BCUT2D eigenvalue weighted by Crippen LogP contribution is -2.35. The maximum atomic E-state index is 10.5. The Hall–Kier alpha value is -1.27. The third-order valence-corrected chi connectivity index (χ3v) is 4.39. The normalized spacial score (nSPS) is 23.3. The van der Waals surface area contributed by atoms with Gasteiger partial charge in [0.1, 0.15) is 11.9 Å². The number of nitriles is 1. The van der Waals surface area contributed by atoms with Crippen LogP contribution in [0.25, 0.3) is 0 Å². The van der Waals surface area contributed by atoms with E-state index in [1.165, 1.54) is 0 Å². The molecule has 0 radical (unpaired) electrons. The van der Waals surface area contributed by atoms with Crippen LogP contribution in [0.2, 0.25) is 0 Å². The lowest BCUT2D eigenvalue weighted by atomic mass is 9.63. The van der Waals surface area contributed by atoms with Crippen LogP contribution in [-0.4, -0.2) is 5.11 Å². The van der Waals surface area contributed by atoms with Gasteiger partial charge in [-0.25, -0.2) is 0 Å².